The minimum atomic E-state index is -0.0435. The molecule has 3 aromatic rings. The van der Waals surface area contributed by atoms with Crippen LogP contribution in [0.2, 0.25) is 0 Å². The van der Waals surface area contributed by atoms with E-state index in [4.69, 9.17) is 0 Å². The SMILES string of the molecule is CC(=O)N[C@@H](C)c1ccc(C#Cc2cnc(NCc3ccccc3)nc2)cc1. The molecule has 28 heavy (non-hydrogen) atoms. The number of carbonyl (C=O) groups is 1. The van der Waals surface area contributed by atoms with Crippen LogP contribution in [0.5, 0.6) is 0 Å². The molecule has 0 aliphatic rings. The Morgan fingerprint density at radius 2 is 1.61 bits per heavy atom. The Morgan fingerprint density at radius 3 is 2.25 bits per heavy atom. The van der Waals surface area contributed by atoms with E-state index in [2.05, 4.69) is 44.6 Å². The summed E-state index contributed by atoms with van der Waals surface area (Å²) in [6.07, 6.45) is 3.42. The summed E-state index contributed by atoms with van der Waals surface area (Å²) in [5, 5.41) is 6.06. The number of aromatic nitrogens is 2. The zero-order valence-electron chi connectivity index (χ0n) is 15.9. The maximum Gasteiger partial charge on any atom is 0.222 e. The van der Waals surface area contributed by atoms with Crippen LogP contribution in [0, 0.1) is 11.8 Å². The van der Waals surface area contributed by atoms with Gasteiger partial charge in [0.1, 0.15) is 0 Å². The standard InChI is InChI=1S/C23H22N4O/c1-17(27-18(2)28)22-12-10-19(11-13-22)8-9-21-15-25-23(26-16-21)24-14-20-6-4-3-5-7-20/h3-7,10-13,15-17H,14H2,1-2H3,(H,27,28)(H,24,25,26)/t17-/m0/s1. The van der Waals surface area contributed by atoms with Gasteiger partial charge in [-0.15, -0.1) is 0 Å². The Balaban J connectivity index is 1.58. The first-order valence-corrected chi connectivity index (χ1v) is 9.09. The Labute approximate surface area is 165 Å². The van der Waals surface area contributed by atoms with Crippen molar-refractivity contribution < 1.29 is 4.79 Å². The number of rotatable bonds is 5. The third-order valence-corrected chi connectivity index (χ3v) is 4.13. The smallest absolute Gasteiger partial charge is 0.222 e. The van der Waals surface area contributed by atoms with Gasteiger partial charge in [-0.1, -0.05) is 54.3 Å². The van der Waals surface area contributed by atoms with Crippen LogP contribution in [0.3, 0.4) is 0 Å². The number of nitrogens with one attached hydrogen (secondary N) is 2. The second-order valence-corrected chi connectivity index (χ2v) is 6.43. The minimum Gasteiger partial charge on any atom is -0.350 e. The number of carbonyl (C=O) groups excluding carboxylic acids is 1. The first-order valence-electron chi connectivity index (χ1n) is 9.09. The molecule has 1 amide bonds. The highest BCUT2D eigenvalue weighted by Gasteiger charge is 2.05. The fraction of sp³-hybridized carbons (Fsp3) is 0.174. The zero-order valence-corrected chi connectivity index (χ0v) is 15.9. The molecule has 1 heterocycles. The molecule has 0 aliphatic carbocycles. The lowest BCUT2D eigenvalue weighted by molar-refractivity contribution is -0.119. The van der Waals surface area contributed by atoms with E-state index in [1.165, 1.54) is 12.5 Å². The van der Waals surface area contributed by atoms with Crippen LogP contribution in [-0.4, -0.2) is 15.9 Å². The van der Waals surface area contributed by atoms with Crippen molar-refractivity contribution in [3.8, 4) is 11.8 Å². The molecular formula is C23H22N4O. The lowest BCUT2D eigenvalue weighted by Gasteiger charge is -2.12. The van der Waals surface area contributed by atoms with E-state index in [1.807, 2.05) is 49.4 Å². The molecule has 1 atom stereocenters. The molecule has 0 aliphatic heterocycles. The lowest BCUT2D eigenvalue weighted by atomic mass is 10.1. The summed E-state index contributed by atoms with van der Waals surface area (Å²) in [6.45, 7) is 4.14. The maximum atomic E-state index is 11.1. The van der Waals surface area contributed by atoms with Crippen LogP contribution in [0.15, 0.2) is 67.0 Å². The number of amides is 1. The van der Waals surface area contributed by atoms with Crippen LogP contribution in [-0.2, 0) is 11.3 Å². The highest BCUT2D eigenvalue weighted by Crippen LogP contribution is 2.13. The van der Waals surface area contributed by atoms with E-state index in [-0.39, 0.29) is 11.9 Å². The normalized spacial score (nSPS) is 11.1. The summed E-state index contributed by atoms with van der Waals surface area (Å²) in [6, 6.07) is 17.9. The fourth-order valence-corrected chi connectivity index (χ4v) is 2.65. The molecule has 5 nitrogen and oxygen atoms in total. The lowest BCUT2D eigenvalue weighted by Crippen LogP contribution is -2.23. The number of nitrogens with zero attached hydrogens (tertiary/aromatic N) is 2. The molecule has 140 valence electrons. The van der Waals surface area contributed by atoms with Crippen molar-refractivity contribution in [3.63, 3.8) is 0 Å². The maximum absolute atomic E-state index is 11.1. The Kier molecular flexibility index (Phi) is 6.37. The molecule has 0 spiro atoms. The van der Waals surface area contributed by atoms with Crippen LogP contribution in [0.1, 0.15) is 42.1 Å². The van der Waals surface area contributed by atoms with E-state index in [1.54, 1.807) is 12.4 Å². The van der Waals surface area contributed by atoms with Gasteiger partial charge in [-0.05, 0) is 30.2 Å². The summed E-state index contributed by atoms with van der Waals surface area (Å²) < 4.78 is 0. The van der Waals surface area contributed by atoms with Crippen molar-refractivity contribution >= 4 is 11.9 Å². The van der Waals surface area contributed by atoms with Crippen LogP contribution >= 0.6 is 0 Å². The molecule has 5 heteroatoms. The largest absolute Gasteiger partial charge is 0.350 e. The molecule has 2 N–H and O–H groups in total. The molecular weight excluding hydrogens is 348 g/mol. The first-order chi connectivity index (χ1) is 13.6. The van der Waals surface area contributed by atoms with Crippen LogP contribution < -0.4 is 10.6 Å². The van der Waals surface area contributed by atoms with Gasteiger partial charge in [-0.3, -0.25) is 4.79 Å². The Bertz CT molecular complexity index is 971. The summed E-state index contributed by atoms with van der Waals surface area (Å²) in [5.74, 6) is 6.71. The average Bonchev–Trinajstić information content (AvgIpc) is 2.72. The van der Waals surface area contributed by atoms with Crippen molar-refractivity contribution in [1.29, 1.82) is 0 Å². The van der Waals surface area contributed by atoms with Gasteiger partial charge in [0.15, 0.2) is 0 Å². The molecule has 0 radical (unpaired) electrons. The van der Waals surface area contributed by atoms with Crippen molar-refractivity contribution in [2.75, 3.05) is 5.32 Å². The van der Waals surface area contributed by atoms with E-state index < -0.39 is 0 Å². The summed E-state index contributed by atoms with van der Waals surface area (Å²) >= 11 is 0. The van der Waals surface area contributed by atoms with Crippen molar-refractivity contribution in [2.24, 2.45) is 0 Å². The molecule has 2 aromatic carbocycles. The van der Waals surface area contributed by atoms with E-state index >= 15 is 0 Å². The van der Waals surface area contributed by atoms with Crippen LogP contribution in [0.25, 0.3) is 0 Å². The fourth-order valence-electron chi connectivity index (χ4n) is 2.65. The molecule has 0 fully saturated rings. The number of hydrogen-bond acceptors (Lipinski definition) is 4. The zero-order chi connectivity index (χ0) is 19.8. The van der Waals surface area contributed by atoms with Gasteiger partial charge in [0.2, 0.25) is 11.9 Å². The highest BCUT2D eigenvalue weighted by molar-refractivity contribution is 5.73. The molecule has 0 saturated carbocycles. The van der Waals surface area contributed by atoms with Gasteiger partial charge in [0.05, 0.1) is 11.6 Å². The third-order valence-electron chi connectivity index (χ3n) is 4.13. The van der Waals surface area contributed by atoms with Gasteiger partial charge in [0, 0.05) is 31.4 Å². The summed E-state index contributed by atoms with van der Waals surface area (Å²) in [7, 11) is 0. The number of benzene rings is 2. The minimum absolute atomic E-state index is 0.0242. The Morgan fingerprint density at radius 1 is 0.964 bits per heavy atom. The second-order valence-electron chi connectivity index (χ2n) is 6.43. The van der Waals surface area contributed by atoms with Gasteiger partial charge < -0.3 is 10.6 Å². The predicted octanol–water partition coefficient (Wildman–Crippen LogP) is 3.69. The highest BCUT2D eigenvalue weighted by atomic mass is 16.1. The Hall–Kier alpha value is -3.65. The summed E-state index contributed by atoms with van der Waals surface area (Å²) in [5.41, 5.74) is 3.86. The molecule has 0 bridgehead atoms. The number of hydrogen-bond donors (Lipinski definition) is 2. The predicted molar refractivity (Wildman–Crippen MR) is 110 cm³/mol. The van der Waals surface area contributed by atoms with E-state index in [9.17, 15) is 4.79 Å². The van der Waals surface area contributed by atoms with Crippen LogP contribution in [0.4, 0.5) is 5.95 Å². The molecule has 0 unspecified atom stereocenters. The monoisotopic (exact) mass is 370 g/mol. The first kappa shape index (κ1) is 19.1. The number of anilines is 1. The topological polar surface area (TPSA) is 66.9 Å². The second kappa shape index (κ2) is 9.33. The van der Waals surface area contributed by atoms with Crippen molar-refractivity contribution in [2.45, 2.75) is 26.4 Å². The molecule has 1 aromatic heterocycles. The van der Waals surface area contributed by atoms with Gasteiger partial charge in [0.25, 0.3) is 0 Å². The van der Waals surface area contributed by atoms with E-state index in [0.717, 1.165) is 16.7 Å². The van der Waals surface area contributed by atoms with E-state index in [0.29, 0.717) is 12.5 Å². The van der Waals surface area contributed by atoms with Gasteiger partial charge >= 0.3 is 0 Å². The third kappa shape index (κ3) is 5.68. The average molecular weight is 370 g/mol. The summed E-state index contributed by atoms with van der Waals surface area (Å²) in [4.78, 5) is 19.8. The molecule has 0 saturated heterocycles. The van der Waals surface area contributed by atoms with Crippen molar-refractivity contribution in [3.05, 3.63) is 89.2 Å². The van der Waals surface area contributed by atoms with Gasteiger partial charge in [-0.2, -0.15) is 0 Å². The quantitative estimate of drug-likeness (QED) is 0.672. The molecule has 3 rings (SSSR count). The van der Waals surface area contributed by atoms with Gasteiger partial charge in [-0.25, -0.2) is 9.97 Å². The van der Waals surface area contributed by atoms with Crippen molar-refractivity contribution in [1.82, 2.24) is 15.3 Å².